The van der Waals surface area contributed by atoms with Crippen LogP contribution < -0.4 is 11.2 Å². The van der Waals surface area contributed by atoms with Crippen molar-refractivity contribution in [1.82, 2.24) is 9.13 Å². The first-order chi connectivity index (χ1) is 12.5. The smallest absolute Gasteiger partial charge is 0.425 e. The molecule has 0 amide bonds. The molecule has 1 aromatic rings. The number of nitrogens with zero attached hydrogens (tertiary/aromatic N) is 2. The van der Waals surface area contributed by atoms with Gasteiger partial charge < -0.3 is 14.2 Å². The Morgan fingerprint density at radius 2 is 1.89 bits per heavy atom. The first kappa shape index (κ1) is 23.1. The van der Waals surface area contributed by atoms with Gasteiger partial charge >= 0.3 is 11.8 Å². The van der Waals surface area contributed by atoms with E-state index in [-0.39, 0.29) is 11.5 Å². The van der Waals surface area contributed by atoms with Crippen LogP contribution in [0.2, 0.25) is 0 Å². The standard InChI is InChI=1S/C19H32N2O6/c1-8-9-26-12-13(2)10-15(25-7)20-11-14(3)16(22)21(17(20)23)18(24)27-19(4,5)6/h11,13,15H,8-10,12H2,1-7H3. The maximum absolute atomic E-state index is 12.8. The van der Waals surface area contributed by atoms with E-state index in [2.05, 4.69) is 0 Å². The van der Waals surface area contributed by atoms with E-state index >= 15 is 0 Å². The largest absolute Gasteiger partial charge is 0.443 e. The lowest BCUT2D eigenvalue weighted by Gasteiger charge is -2.24. The molecule has 0 aliphatic heterocycles. The average molecular weight is 384 g/mol. The summed E-state index contributed by atoms with van der Waals surface area (Å²) in [4.78, 5) is 37.6. The summed E-state index contributed by atoms with van der Waals surface area (Å²) in [6.07, 6.45) is 1.21. The van der Waals surface area contributed by atoms with Crippen LogP contribution in [0.15, 0.2) is 15.8 Å². The van der Waals surface area contributed by atoms with Crippen LogP contribution in [0.5, 0.6) is 0 Å². The fourth-order valence-corrected chi connectivity index (χ4v) is 2.54. The molecular formula is C19H32N2O6. The second kappa shape index (κ2) is 9.85. The van der Waals surface area contributed by atoms with Gasteiger partial charge in [-0.3, -0.25) is 9.36 Å². The maximum Gasteiger partial charge on any atom is 0.425 e. The van der Waals surface area contributed by atoms with E-state index in [4.69, 9.17) is 14.2 Å². The van der Waals surface area contributed by atoms with Crippen LogP contribution in [0.25, 0.3) is 0 Å². The lowest BCUT2D eigenvalue weighted by Crippen LogP contribution is -2.47. The Hall–Kier alpha value is -1.93. The van der Waals surface area contributed by atoms with Crippen LogP contribution in [0.4, 0.5) is 4.79 Å². The normalized spacial score (nSPS) is 14.0. The zero-order valence-electron chi connectivity index (χ0n) is 17.4. The number of hydrogen-bond donors (Lipinski definition) is 0. The highest BCUT2D eigenvalue weighted by Gasteiger charge is 2.25. The first-order valence-corrected chi connectivity index (χ1v) is 9.20. The lowest BCUT2D eigenvalue weighted by molar-refractivity contribution is 0.00355. The van der Waals surface area contributed by atoms with Crippen molar-refractivity contribution in [3.8, 4) is 0 Å². The summed E-state index contributed by atoms with van der Waals surface area (Å²) in [6, 6.07) is 0. The number of rotatable bonds is 8. The van der Waals surface area contributed by atoms with Crippen molar-refractivity contribution in [2.75, 3.05) is 20.3 Å². The van der Waals surface area contributed by atoms with E-state index in [1.807, 2.05) is 13.8 Å². The summed E-state index contributed by atoms with van der Waals surface area (Å²) in [5.74, 6) is 0.121. The Bertz CT molecular complexity index is 744. The van der Waals surface area contributed by atoms with Crippen LogP contribution in [0.1, 0.15) is 59.3 Å². The second-order valence-corrected chi connectivity index (χ2v) is 7.73. The summed E-state index contributed by atoms with van der Waals surface area (Å²) in [5.41, 5.74) is -2.06. The molecule has 27 heavy (non-hydrogen) atoms. The molecule has 0 aliphatic carbocycles. The second-order valence-electron chi connectivity index (χ2n) is 7.73. The Kier molecular flexibility index (Phi) is 8.43. The van der Waals surface area contributed by atoms with Crippen LogP contribution in [0.3, 0.4) is 0 Å². The number of carbonyl (C=O) groups excluding carboxylic acids is 1. The molecule has 8 nitrogen and oxygen atoms in total. The third-order valence-corrected chi connectivity index (χ3v) is 3.80. The van der Waals surface area contributed by atoms with E-state index in [0.717, 1.165) is 6.42 Å². The van der Waals surface area contributed by atoms with Crippen molar-refractivity contribution in [3.63, 3.8) is 0 Å². The molecule has 0 bridgehead atoms. The molecule has 1 heterocycles. The molecule has 8 heteroatoms. The molecular weight excluding hydrogens is 352 g/mol. The van der Waals surface area contributed by atoms with Gasteiger partial charge in [0.2, 0.25) is 0 Å². The fourth-order valence-electron chi connectivity index (χ4n) is 2.54. The Labute approximate surface area is 160 Å². The molecule has 1 rings (SSSR count). The van der Waals surface area contributed by atoms with E-state index in [0.29, 0.717) is 24.2 Å². The summed E-state index contributed by atoms with van der Waals surface area (Å²) in [7, 11) is 1.48. The van der Waals surface area contributed by atoms with E-state index in [1.54, 1.807) is 27.7 Å². The van der Waals surface area contributed by atoms with Crippen molar-refractivity contribution in [3.05, 3.63) is 32.6 Å². The molecule has 1 aromatic heterocycles. The van der Waals surface area contributed by atoms with E-state index in [1.165, 1.54) is 17.9 Å². The molecule has 0 spiro atoms. The van der Waals surface area contributed by atoms with Gasteiger partial charge in [0.25, 0.3) is 5.56 Å². The summed E-state index contributed by atoms with van der Waals surface area (Å²) < 4.78 is 18.0. The third kappa shape index (κ3) is 6.62. The van der Waals surface area contributed by atoms with E-state index < -0.39 is 29.2 Å². The number of hydrogen-bond acceptors (Lipinski definition) is 6. The van der Waals surface area contributed by atoms with Crippen molar-refractivity contribution in [2.45, 2.75) is 66.2 Å². The molecule has 0 fully saturated rings. The fraction of sp³-hybridized carbons (Fsp3) is 0.737. The zero-order valence-corrected chi connectivity index (χ0v) is 17.4. The van der Waals surface area contributed by atoms with Gasteiger partial charge in [0.1, 0.15) is 11.8 Å². The number of carbonyl (C=O) groups is 1. The highest BCUT2D eigenvalue weighted by atomic mass is 16.6. The number of aryl methyl sites for hydroxylation is 1. The molecule has 0 saturated heterocycles. The van der Waals surface area contributed by atoms with Crippen molar-refractivity contribution < 1.29 is 19.0 Å². The summed E-state index contributed by atoms with van der Waals surface area (Å²) in [6.45, 7) is 11.8. The Balaban J connectivity index is 3.21. The summed E-state index contributed by atoms with van der Waals surface area (Å²) >= 11 is 0. The minimum Gasteiger partial charge on any atom is -0.443 e. The highest BCUT2D eigenvalue weighted by molar-refractivity contribution is 5.70. The molecule has 0 saturated carbocycles. The van der Waals surface area contributed by atoms with Crippen LogP contribution >= 0.6 is 0 Å². The van der Waals surface area contributed by atoms with Crippen LogP contribution in [-0.2, 0) is 14.2 Å². The molecule has 0 aromatic carbocycles. The molecule has 2 atom stereocenters. The topological polar surface area (TPSA) is 88.8 Å². The Morgan fingerprint density at radius 1 is 1.26 bits per heavy atom. The molecule has 2 unspecified atom stereocenters. The SMILES string of the molecule is CCCOCC(C)CC(OC)n1cc(C)c(=O)n(C(=O)OC(C)(C)C)c1=O. The zero-order chi connectivity index (χ0) is 20.8. The van der Waals surface area contributed by atoms with Gasteiger partial charge in [-0.25, -0.2) is 9.59 Å². The van der Waals surface area contributed by atoms with Crippen molar-refractivity contribution >= 4 is 6.09 Å². The lowest BCUT2D eigenvalue weighted by atomic mass is 10.1. The maximum atomic E-state index is 12.8. The van der Waals surface area contributed by atoms with Gasteiger partial charge in [0.05, 0.1) is 0 Å². The van der Waals surface area contributed by atoms with Gasteiger partial charge in [0, 0.05) is 32.1 Å². The van der Waals surface area contributed by atoms with Crippen LogP contribution in [-0.4, -0.2) is 41.2 Å². The quantitative estimate of drug-likeness (QED) is 0.640. The van der Waals surface area contributed by atoms with Crippen molar-refractivity contribution in [2.24, 2.45) is 5.92 Å². The number of aromatic nitrogens is 2. The average Bonchev–Trinajstić information content (AvgIpc) is 2.55. The summed E-state index contributed by atoms with van der Waals surface area (Å²) in [5, 5.41) is 0. The number of methoxy groups -OCH3 is 1. The minimum absolute atomic E-state index is 0.121. The van der Waals surface area contributed by atoms with Gasteiger partial charge in [0.15, 0.2) is 0 Å². The van der Waals surface area contributed by atoms with Crippen LogP contribution in [0, 0.1) is 12.8 Å². The molecule has 0 N–H and O–H groups in total. The van der Waals surface area contributed by atoms with Crippen molar-refractivity contribution in [1.29, 1.82) is 0 Å². The highest BCUT2D eigenvalue weighted by Crippen LogP contribution is 2.17. The predicted molar refractivity (Wildman–Crippen MR) is 102 cm³/mol. The van der Waals surface area contributed by atoms with Gasteiger partial charge in [-0.15, -0.1) is 0 Å². The Morgan fingerprint density at radius 3 is 2.41 bits per heavy atom. The monoisotopic (exact) mass is 384 g/mol. The molecule has 154 valence electrons. The minimum atomic E-state index is -0.996. The predicted octanol–water partition coefficient (Wildman–Crippen LogP) is 2.70. The van der Waals surface area contributed by atoms with E-state index in [9.17, 15) is 14.4 Å². The van der Waals surface area contributed by atoms with Gasteiger partial charge in [-0.05, 0) is 46.5 Å². The van der Waals surface area contributed by atoms with Gasteiger partial charge in [-0.1, -0.05) is 13.8 Å². The third-order valence-electron chi connectivity index (χ3n) is 3.80. The number of ether oxygens (including phenoxy) is 3. The molecule has 0 radical (unpaired) electrons. The van der Waals surface area contributed by atoms with Gasteiger partial charge in [-0.2, -0.15) is 4.57 Å². The first-order valence-electron chi connectivity index (χ1n) is 9.20. The molecule has 0 aliphatic rings.